The maximum absolute atomic E-state index is 11.5. The van der Waals surface area contributed by atoms with Gasteiger partial charge >= 0.3 is 6.18 Å². The monoisotopic (exact) mass is 136 g/mol. The van der Waals surface area contributed by atoms with Crippen LogP contribution in [-0.4, -0.2) is 6.18 Å². The molecule has 0 aliphatic heterocycles. The van der Waals surface area contributed by atoms with Gasteiger partial charge in [0.2, 0.25) is 0 Å². The molecule has 0 saturated carbocycles. The lowest BCUT2D eigenvalue weighted by Gasteiger charge is -2.03. The predicted molar refractivity (Wildman–Crippen MR) is 30.0 cm³/mol. The molecule has 0 N–H and O–H groups in total. The second-order valence-electron chi connectivity index (χ2n) is 1.58. The molecule has 0 heterocycles. The highest BCUT2D eigenvalue weighted by Crippen LogP contribution is 2.24. The molecule has 3 heteroatoms. The Hall–Kier alpha value is -0.730. The van der Waals surface area contributed by atoms with Gasteiger partial charge < -0.3 is 0 Å². The number of rotatable bonds is 1. The maximum atomic E-state index is 11.5. The third-order valence-electron chi connectivity index (χ3n) is 0.815. The summed E-state index contributed by atoms with van der Waals surface area (Å²) in [5.74, 6) is 0. The fourth-order valence-corrected chi connectivity index (χ4v) is 0.271. The third kappa shape index (κ3) is 2.95. The van der Waals surface area contributed by atoms with Crippen LogP contribution in [-0.2, 0) is 0 Å². The Morgan fingerprint density at radius 1 is 1.44 bits per heavy atom. The molecule has 0 aromatic carbocycles. The van der Waals surface area contributed by atoms with Crippen molar-refractivity contribution in [3.63, 3.8) is 0 Å². The van der Waals surface area contributed by atoms with Crippen molar-refractivity contribution in [1.82, 2.24) is 0 Å². The Kier molecular flexibility index (Phi) is 2.49. The fraction of sp³-hybridized carbons (Fsp3) is 0.333. The van der Waals surface area contributed by atoms with Gasteiger partial charge in [-0.1, -0.05) is 18.7 Å². The molecule has 0 fully saturated rings. The standard InChI is InChI=1S/C6H7F3/c1-3-4-5(2)6(7,8)9/h3-4H,1H2,2H3. The van der Waals surface area contributed by atoms with E-state index in [1.807, 2.05) is 0 Å². The normalized spacial score (nSPS) is 13.6. The van der Waals surface area contributed by atoms with E-state index in [4.69, 9.17) is 0 Å². The number of hydrogen-bond acceptors (Lipinski definition) is 0. The summed E-state index contributed by atoms with van der Waals surface area (Å²) in [6.45, 7) is 4.14. The number of alkyl halides is 3. The van der Waals surface area contributed by atoms with Gasteiger partial charge in [-0.3, -0.25) is 0 Å². The highest BCUT2D eigenvalue weighted by molar-refractivity contribution is 5.12. The van der Waals surface area contributed by atoms with Crippen molar-refractivity contribution in [2.45, 2.75) is 13.1 Å². The van der Waals surface area contributed by atoms with E-state index in [0.717, 1.165) is 19.1 Å². The number of hydrogen-bond donors (Lipinski definition) is 0. The van der Waals surface area contributed by atoms with E-state index in [2.05, 4.69) is 6.58 Å². The Labute approximate surface area is 51.7 Å². The lowest BCUT2D eigenvalue weighted by molar-refractivity contribution is -0.0912. The van der Waals surface area contributed by atoms with Crippen LogP contribution in [0.5, 0.6) is 0 Å². The maximum Gasteiger partial charge on any atom is 0.412 e. The van der Waals surface area contributed by atoms with Gasteiger partial charge in [-0.15, -0.1) is 0 Å². The first-order valence-electron chi connectivity index (χ1n) is 2.35. The summed E-state index contributed by atoms with van der Waals surface area (Å²) in [5, 5.41) is 0. The quantitative estimate of drug-likeness (QED) is 0.486. The largest absolute Gasteiger partial charge is 0.412 e. The summed E-state index contributed by atoms with van der Waals surface area (Å²) in [6, 6.07) is 0. The van der Waals surface area contributed by atoms with Gasteiger partial charge in [0.05, 0.1) is 0 Å². The molecule has 0 aromatic rings. The lowest BCUT2D eigenvalue weighted by Crippen LogP contribution is -2.08. The first-order chi connectivity index (χ1) is 3.98. The molecule has 0 aromatic heterocycles. The average molecular weight is 136 g/mol. The first kappa shape index (κ1) is 8.27. The molecule has 0 aliphatic rings. The minimum atomic E-state index is -4.20. The molecule has 0 saturated heterocycles. The second-order valence-corrected chi connectivity index (χ2v) is 1.58. The topological polar surface area (TPSA) is 0 Å². The Morgan fingerprint density at radius 3 is 2.00 bits per heavy atom. The predicted octanol–water partition coefficient (Wildman–Crippen LogP) is 2.68. The summed E-state index contributed by atoms with van der Waals surface area (Å²) in [7, 11) is 0. The summed E-state index contributed by atoms with van der Waals surface area (Å²) in [5.41, 5.74) is -0.627. The van der Waals surface area contributed by atoms with E-state index in [0.29, 0.717) is 0 Å². The SMILES string of the molecule is C=CC=C(C)C(F)(F)F. The van der Waals surface area contributed by atoms with Gasteiger partial charge in [0.1, 0.15) is 0 Å². The zero-order chi connectivity index (χ0) is 7.49. The molecule has 0 rings (SSSR count). The highest BCUT2D eigenvalue weighted by Gasteiger charge is 2.28. The van der Waals surface area contributed by atoms with Crippen LogP contribution in [0, 0.1) is 0 Å². The summed E-state index contributed by atoms with van der Waals surface area (Å²) in [4.78, 5) is 0. The molecule has 0 radical (unpaired) electrons. The zero-order valence-corrected chi connectivity index (χ0v) is 5.00. The van der Waals surface area contributed by atoms with E-state index in [9.17, 15) is 13.2 Å². The van der Waals surface area contributed by atoms with E-state index < -0.39 is 11.7 Å². The molecule has 0 amide bonds. The first-order valence-corrected chi connectivity index (χ1v) is 2.35. The molecular formula is C6H7F3. The van der Waals surface area contributed by atoms with Crippen LogP contribution in [0.4, 0.5) is 13.2 Å². The molecule has 0 unspecified atom stereocenters. The smallest absolute Gasteiger partial charge is 0.166 e. The van der Waals surface area contributed by atoms with Crippen LogP contribution >= 0.6 is 0 Å². The molecule has 9 heavy (non-hydrogen) atoms. The van der Waals surface area contributed by atoms with Gasteiger partial charge in [-0.05, 0) is 6.92 Å². The van der Waals surface area contributed by atoms with Gasteiger partial charge in [0.15, 0.2) is 0 Å². The summed E-state index contributed by atoms with van der Waals surface area (Å²) >= 11 is 0. The van der Waals surface area contributed by atoms with Crippen LogP contribution in [0.2, 0.25) is 0 Å². The van der Waals surface area contributed by atoms with Crippen molar-refractivity contribution in [3.05, 3.63) is 24.3 Å². The van der Waals surface area contributed by atoms with Crippen molar-refractivity contribution in [3.8, 4) is 0 Å². The van der Waals surface area contributed by atoms with Crippen molar-refractivity contribution in [2.24, 2.45) is 0 Å². The Balaban J connectivity index is 4.19. The number of allylic oxidation sites excluding steroid dienone is 3. The minimum Gasteiger partial charge on any atom is -0.166 e. The van der Waals surface area contributed by atoms with Crippen molar-refractivity contribution < 1.29 is 13.2 Å². The summed E-state index contributed by atoms with van der Waals surface area (Å²) < 4.78 is 34.6. The van der Waals surface area contributed by atoms with Crippen molar-refractivity contribution >= 4 is 0 Å². The van der Waals surface area contributed by atoms with Crippen LogP contribution in [0.15, 0.2) is 24.3 Å². The van der Waals surface area contributed by atoms with E-state index >= 15 is 0 Å². The van der Waals surface area contributed by atoms with Gasteiger partial charge in [-0.25, -0.2) is 0 Å². The molecule has 52 valence electrons. The van der Waals surface area contributed by atoms with Crippen LogP contribution in [0.1, 0.15) is 6.92 Å². The van der Waals surface area contributed by atoms with Crippen LogP contribution < -0.4 is 0 Å². The minimum absolute atomic E-state index is 0.627. The van der Waals surface area contributed by atoms with E-state index in [1.165, 1.54) is 0 Å². The Morgan fingerprint density at radius 2 is 1.89 bits per heavy atom. The van der Waals surface area contributed by atoms with E-state index in [1.54, 1.807) is 0 Å². The van der Waals surface area contributed by atoms with E-state index in [-0.39, 0.29) is 0 Å². The third-order valence-corrected chi connectivity index (χ3v) is 0.815. The highest BCUT2D eigenvalue weighted by atomic mass is 19.4. The Bertz CT molecular complexity index is 130. The van der Waals surface area contributed by atoms with Gasteiger partial charge in [-0.2, -0.15) is 13.2 Å². The molecule has 0 aliphatic carbocycles. The molecule has 0 nitrogen and oxygen atoms in total. The second kappa shape index (κ2) is 2.71. The van der Waals surface area contributed by atoms with Crippen molar-refractivity contribution in [2.75, 3.05) is 0 Å². The zero-order valence-electron chi connectivity index (χ0n) is 5.00. The molecule has 0 bridgehead atoms. The molecule has 0 spiro atoms. The van der Waals surface area contributed by atoms with Crippen LogP contribution in [0.3, 0.4) is 0 Å². The van der Waals surface area contributed by atoms with Crippen LogP contribution in [0.25, 0.3) is 0 Å². The van der Waals surface area contributed by atoms with Gasteiger partial charge in [0.25, 0.3) is 0 Å². The lowest BCUT2D eigenvalue weighted by atomic mass is 10.3. The molecule has 0 atom stereocenters. The average Bonchev–Trinajstić information content (AvgIpc) is 1.64. The number of halogens is 3. The fourth-order valence-electron chi connectivity index (χ4n) is 0.271. The van der Waals surface area contributed by atoms with Crippen molar-refractivity contribution in [1.29, 1.82) is 0 Å². The van der Waals surface area contributed by atoms with Gasteiger partial charge in [0, 0.05) is 5.57 Å². The molecular weight excluding hydrogens is 129 g/mol. The summed E-state index contributed by atoms with van der Waals surface area (Å²) in [6.07, 6.45) is -2.16.